The van der Waals surface area contributed by atoms with Crippen LogP contribution in [0.2, 0.25) is 0 Å². The lowest BCUT2D eigenvalue weighted by atomic mass is 9.94. The molecule has 0 radical (unpaired) electrons. The quantitative estimate of drug-likeness (QED) is 0.500. The van der Waals surface area contributed by atoms with E-state index in [1.807, 2.05) is 0 Å². The summed E-state index contributed by atoms with van der Waals surface area (Å²) in [5, 5.41) is 16.7. The highest BCUT2D eigenvalue weighted by atomic mass is 19.4. The van der Waals surface area contributed by atoms with Gasteiger partial charge in [-0.15, -0.1) is 0 Å². The van der Waals surface area contributed by atoms with Crippen LogP contribution in [0.15, 0.2) is 48.5 Å². The number of alkyl halides is 3. The molecule has 3 rings (SSSR count). The number of benzene rings is 2. The highest BCUT2D eigenvalue weighted by Crippen LogP contribution is 2.30. The van der Waals surface area contributed by atoms with E-state index in [1.165, 1.54) is 30.3 Å². The first-order valence-corrected chi connectivity index (χ1v) is 10.2. The lowest BCUT2D eigenvalue weighted by Crippen LogP contribution is -2.45. The number of carbonyl (C=O) groups is 2. The van der Waals surface area contributed by atoms with E-state index >= 15 is 0 Å². The fourth-order valence-electron chi connectivity index (χ4n) is 3.77. The maximum Gasteiger partial charge on any atom is 0.416 e. The van der Waals surface area contributed by atoms with Gasteiger partial charge in [-0.2, -0.15) is 13.2 Å². The van der Waals surface area contributed by atoms with E-state index in [9.17, 15) is 32.9 Å². The number of nitrogens with zero attached hydrogens (tertiary/aromatic N) is 1. The van der Waals surface area contributed by atoms with Gasteiger partial charge in [-0.25, -0.2) is 0 Å². The van der Waals surface area contributed by atoms with Crippen molar-refractivity contribution in [3.63, 3.8) is 0 Å². The number of amides is 2. The first kappa shape index (κ1) is 23.2. The molecule has 0 aromatic heterocycles. The predicted octanol–water partition coefficient (Wildman–Crippen LogP) is 4.53. The van der Waals surface area contributed by atoms with Crippen molar-refractivity contribution in [1.29, 1.82) is 0 Å². The fourth-order valence-corrected chi connectivity index (χ4v) is 3.77. The number of rotatable bonds is 6. The van der Waals surface area contributed by atoms with Gasteiger partial charge in [0.2, 0.25) is 5.91 Å². The lowest BCUT2D eigenvalue weighted by Gasteiger charge is -2.26. The Labute approximate surface area is 182 Å². The second-order valence-electron chi connectivity index (χ2n) is 7.64. The molecule has 1 saturated carbocycles. The van der Waals surface area contributed by atoms with Crippen LogP contribution >= 0.6 is 0 Å². The van der Waals surface area contributed by atoms with Crippen LogP contribution in [0.25, 0.3) is 0 Å². The molecule has 0 bridgehead atoms. The summed E-state index contributed by atoms with van der Waals surface area (Å²) in [6, 6.07) is 7.64. The third kappa shape index (κ3) is 5.63. The molecule has 1 unspecified atom stereocenters. The monoisotopic (exact) mass is 449 g/mol. The molecule has 170 valence electrons. The van der Waals surface area contributed by atoms with Crippen molar-refractivity contribution in [2.75, 3.05) is 0 Å². The molecule has 1 fully saturated rings. The van der Waals surface area contributed by atoms with Gasteiger partial charge in [0.15, 0.2) is 0 Å². The van der Waals surface area contributed by atoms with E-state index in [1.54, 1.807) is 0 Å². The Morgan fingerprint density at radius 2 is 1.72 bits per heavy atom. The molecule has 2 amide bonds. The Hall–Kier alpha value is -3.43. The fraction of sp³-hybridized carbons (Fsp3) is 0.364. The van der Waals surface area contributed by atoms with Crippen LogP contribution in [0.1, 0.15) is 59.6 Å². The molecule has 0 aliphatic heterocycles. The van der Waals surface area contributed by atoms with Crippen molar-refractivity contribution in [1.82, 2.24) is 10.6 Å². The number of nitro benzene ring substituents is 1. The van der Waals surface area contributed by atoms with Gasteiger partial charge in [-0.3, -0.25) is 19.7 Å². The first-order valence-electron chi connectivity index (χ1n) is 10.2. The molecular formula is C22H22F3N3O4. The lowest BCUT2D eigenvalue weighted by molar-refractivity contribution is -0.385. The van der Waals surface area contributed by atoms with Gasteiger partial charge >= 0.3 is 6.18 Å². The molecule has 1 aliphatic carbocycles. The molecular weight excluding hydrogens is 427 g/mol. The summed E-state index contributed by atoms with van der Waals surface area (Å²) in [6.07, 6.45) is -0.248. The number of hydrogen-bond acceptors (Lipinski definition) is 4. The highest BCUT2D eigenvalue weighted by molar-refractivity contribution is 5.98. The predicted molar refractivity (Wildman–Crippen MR) is 110 cm³/mol. The zero-order chi connectivity index (χ0) is 23.3. The summed E-state index contributed by atoms with van der Waals surface area (Å²) >= 11 is 0. The van der Waals surface area contributed by atoms with Crippen LogP contribution in [0, 0.1) is 10.1 Å². The number of hydrogen-bond donors (Lipinski definition) is 2. The Kier molecular flexibility index (Phi) is 7.12. The second-order valence-corrected chi connectivity index (χ2v) is 7.64. The van der Waals surface area contributed by atoms with Gasteiger partial charge in [0, 0.05) is 17.7 Å². The van der Waals surface area contributed by atoms with Crippen molar-refractivity contribution >= 4 is 17.5 Å². The maximum atomic E-state index is 13.1. The summed E-state index contributed by atoms with van der Waals surface area (Å²) in [6.45, 7) is 0. The Balaban J connectivity index is 1.91. The van der Waals surface area contributed by atoms with Crippen molar-refractivity contribution < 1.29 is 27.7 Å². The third-order valence-electron chi connectivity index (χ3n) is 5.39. The first-order chi connectivity index (χ1) is 15.2. The number of carbonyl (C=O) groups excluding carboxylic acids is 2. The highest BCUT2D eigenvalue weighted by Gasteiger charge is 2.33. The topological polar surface area (TPSA) is 101 Å². The third-order valence-corrected chi connectivity index (χ3v) is 5.39. The second kappa shape index (κ2) is 9.80. The van der Waals surface area contributed by atoms with E-state index in [4.69, 9.17) is 0 Å². The van der Waals surface area contributed by atoms with Crippen LogP contribution in [-0.2, 0) is 11.0 Å². The molecule has 0 saturated heterocycles. The molecule has 10 heteroatoms. The summed E-state index contributed by atoms with van der Waals surface area (Å²) in [7, 11) is 0. The van der Waals surface area contributed by atoms with Gasteiger partial charge in [0.25, 0.3) is 11.6 Å². The smallest absolute Gasteiger partial charge is 0.351 e. The Morgan fingerprint density at radius 3 is 2.38 bits per heavy atom. The van der Waals surface area contributed by atoms with E-state index < -0.39 is 34.5 Å². The molecule has 0 spiro atoms. The maximum absolute atomic E-state index is 13.1. The Morgan fingerprint density at radius 1 is 1.03 bits per heavy atom. The molecule has 0 heterocycles. The van der Waals surface area contributed by atoms with E-state index in [-0.39, 0.29) is 22.9 Å². The minimum absolute atomic E-state index is 0.0499. The van der Waals surface area contributed by atoms with Crippen LogP contribution in [0.5, 0.6) is 0 Å². The zero-order valence-corrected chi connectivity index (χ0v) is 17.0. The SMILES string of the molecule is O=C(NC(C(=O)NC1CCCCC1)c1ccccc1[N+](=O)[O-])c1cccc(C(F)(F)F)c1. The van der Waals surface area contributed by atoms with E-state index in [0.717, 1.165) is 44.2 Å². The number of halogens is 3. The van der Waals surface area contributed by atoms with E-state index in [2.05, 4.69) is 10.6 Å². The van der Waals surface area contributed by atoms with Crippen LogP contribution in [0.4, 0.5) is 18.9 Å². The summed E-state index contributed by atoms with van der Waals surface area (Å²) < 4.78 is 39.1. The molecule has 2 aromatic carbocycles. The van der Waals surface area contributed by atoms with Gasteiger partial charge in [0.05, 0.1) is 16.1 Å². The van der Waals surface area contributed by atoms with Crippen molar-refractivity contribution in [2.24, 2.45) is 0 Å². The van der Waals surface area contributed by atoms with Gasteiger partial charge in [-0.05, 0) is 37.1 Å². The van der Waals surface area contributed by atoms with Gasteiger partial charge < -0.3 is 10.6 Å². The number of nitrogens with one attached hydrogen (secondary N) is 2. The van der Waals surface area contributed by atoms with Gasteiger partial charge in [0.1, 0.15) is 6.04 Å². The zero-order valence-electron chi connectivity index (χ0n) is 17.0. The molecule has 2 aromatic rings. The summed E-state index contributed by atoms with van der Waals surface area (Å²) in [5.74, 6) is -1.59. The molecule has 2 N–H and O–H groups in total. The van der Waals surface area contributed by atoms with Crippen LogP contribution in [-0.4, -0.2) is 22.8 Å². The number of para-hydroxylation sites is 1. The van der Waals surface area contributed by atoms with Crippen molar-refractivity contribution in [3.8, 4) is 0 Å². The average Bonchev–Trinajstić information content (AvgIpc) is 2.77. The van der Waals surface area contributed by atoms with E-state index in [0.29, 0.717) is 6.07 Å². The van der Waals surface area contributed by atoms with Gasteiger partial charge in [-0.1, -0.05) is 37.5 Å². The van der Waals surface area contributed by atoms with Crippen molar-refractivity contribution in [3.05, 3.63) is 75.3 Å². The molecule has 7 nitrogen and oxygen atoms in total. The largest absolute Gasteiger partial charge is 0.416 e. The molecule has 1 aliphatic rings. The summed E-state index contributed by atoms with van der Waals surface area (Å²) in [5.41, 5.74) is -1.75. The molecule has 1 atom stereocenters. The summed E-state index contributed by atoms with van der Waals surface area (Å²) in [4.78, 5) is 36.6. The minimum atomic E-state index is -4.65. The Bertz CT molecular complexity index is 1000. The normalized spacial score (nSPS) is 15.6. The standard InChI is InChI=1S/C22H22F3N3O4/c23-22(24,25)15-8-6-7-14(13-15)20(29)27-19(17-11-4-5-12-18(17)28(31)32)21(30)26-16-9-2-1-3-10-16/h4-8,11-13,16,19H,1-3,9-10H2,(H,26,30)(H,27,29). The average molecular weight is 449 g/mol. The van der Waals surface area contributed by atoms with Crippen LogP contribution < -0.4 is 10.6 Å². The van der Waals surface area contributed by atoms with Crippen LogP contribution in [0.3, 0.4) is 0 Å². The minimum Gasteiger partial charge on any atom is -0.351 e. The van der Waals surface area contributed by atoms with Crippen molar-refractivity contribution in [2.45, 2.75) is 50.4 Å². The number of nitro groups is 1. The molecule has 32 heavy (non-hydrogen) atoms.